The van der Waals surface area contributed by atoms with Gasteiger partial charge < -0.3 is 10.8 Å². The van der Waals surface area contributed by atoms with Crippen LogP contribution in [0.4, 0.5) is 0 Å². The maximum absolute atomic E-state index is 11.8. The normalized spacial score (nSPS) is 13.1. The number of rotatable bonds is 6. The summed E-state index contributed by atoms with van der Waals surface area (Å²) in [5.41, 5.74) is 5.16. The lowest BCUT2D eigenvalue weighted by atomic mass is 9.86. The van der Waals surface area contributed by atoms with Crippen molar-refractivity contribution in [2.45, 2.75) is 10.6 Å². The maximum atomic E-state index is 11.8. The molecule has 112 valence electrons. The minimum absolute atomic E-state index is 0.0946. The molecule has 0 saturated heterocycles. The highest BCUT2D eigenvalue weighted by Gasteiger charge is 2.41. The molecule has 0 amide bonds. The molecule has 0 aliphatic carbocycles. The molecule has 0 aromatic carbocycles. The third kappa shape index (κ3) is 3.21. The lowest BCUT2D eigenvalue weighted by molar-refractivity contribution is -0.142. The summed E-state index contributed by atoms with van der Waals surface area (Å²) in [6, 6.07) is 7.00. The van der Waals surface area contributed by atoms with E-state index < -0.39 is 11.4 Å². The summed E-state index contributed by atoms with van der Waals surface area (Å²) in [5, 5.41) is 18.7. The summed E-state index contributed by atoms with van der Waals surface area (Å²) < 4.78 is 0. The average molecular weight is 315 g/mol. The first-order valence-electron chi connectivity index (χ1n) is 6.32. The van der Waals surface area contributed by atoms with Gasteiger partial charge in [-0.15, -0.1) is 0 Å². The van der Waals surface area contributed by atoms with Gasteiger partial charge in [-0.1, -0.05) is 17.8 Å². The van der Waals surface area contributed by atoms with Crippen molar-refractivity contribution in [3.63, 3.8) is 0 Å². The van der Waals surface area contributed by atoms with Crippen LogP contribution in [0.15, 0.2) is 41.9 Å². The van der Waals surface area contributed by atoms with E-state index in [0.29, 0.717) is 16.4 Å². The van der Waals surface area contributed by atoms with Gasteiger partial charge in [0, 0.05) is 30.9 Å². The molecule has 7 nitrogen and oxygen atoms in total. The lowest BCUT2D eigenvalue weighted by Gasteiger charge is -2.26. The molecule has 2 heterocycles. The second kappa shape index (κ2) is 6.98. The number of carbonyl (C=O) groups is 1. The van der Waals surface area contributed by atoms with Gasteiger partial charge in [0.2, 0.25) is 0 Å². The van der Waals surface area contributed by atoms with Crippen LogP contribution >= 0.6 is 11.8 Å². The highest BCUT2D eigenvalue weighted by molar-refractivity contribution is 7.99. The van der Waals surface area contributed by atoms with Crippen LogP contribution in [-0.4, -0.2) is 38.3 Å². The van der Waals surface area contributed by atoms with Gasteiger partial charge in [0.25, 0.3) is 0 Å². The second-order valence-corrected chi connectivity index (χ2v) is 5.40. The monoisotopic (exact) mass is 315 g/mol. The van der Waals surface area contributed by atoms with Crippen molar-refractivity contribution in [3.8, 4) is 6.07 Å². The van der Waals surface area contributed by atoms with Crippen molar-refractivity contribution >= 4 is 17.7 Å². The Labute approximate surface area is 131 Å². The molecule has 0 fully saturated rings. The third-order valence-corrected chi connectivity index (χ3v) is 4.22. The van der Waals surface area contributed by atoms with Crippen LogP contribution in [-0.2, 0) is 10.2 Å². The number of carboxylic acids is 1. The van der Waals surface area contributed by atoms with E-state index in [0.717, 1.165) is 11.8 Å². The molecule has 2 rings (SSSR count). The van der Waals surface area contributed by atoms with E-state index in [9.17, 15) is 9.90 Å². The summed E-state index contributed by atoms with van der Waals surface area (Å²) in [6.07, 6.45) is 4.31. The average Bonchev–Trinajstić information content (AvgIpc) is 2.57. The van der Waals surface area contributed by atoms with E-state index in [2.05, 4.69) is 15.0 Å². The Balaban J connectivity index is 2.24. The molecule has 0 saturated carbocycles. The highest BCUT2D eigenvalue weighted by Crippen LogP contribution is 2.29. The molecule has 0 bridgehead atoms. The van der Waals surface area contributed by atoms with Crippen LogP contribution in [0.5, 0.6) is 0 Å². The van der Waals surface area contributed by atoms with Crippen LogP contribution in [0.2, 0.25) is 0 Å². The number of nitrogens with two attached hydrogens (primary N) is 1. The van der Waals surface area contributed by atoms with Crippen molar-refractivity contribution in [2.75, 3.05) is 12.3 Å². The fourth-order valence-corrected chi connectivity index (χ4v) is 2.80. The van der Waals surface area contributed by atoms with Crippen molar-refractivity contribution in [1.29, 1.82) is 5.26 Å². The summed E-state index contributed by atoms with van der Waals surface area (Å²) in [5.74, 6) is -0.906. The third-order valence-electron chi connectivity index (χ3n) is 3.12. The fourth-order valence-electron chi connectivity index (χ4n) is 1.78. The van der Waals surface area contributed by atoms with E-state index in [1.165, 1.54) is 18.6 Å². The molecule has 0 spiro atoms. The largest absolute Gasteiger partial charge is 0.480 e. The number of carboxylic acid groups (broad SMARTS) is 1. The quantitative estimate of drug-likeness (QED) is 0.592. The van der Waals surface area contributed by atoms with E-state index >= 15 is 0 Å². The molecular weight excluding hydrogens is 302 g/mol. The van der Waals surface area contributed by atoms with Crippen molar-refractivity contribution in [3.05, 3.63) is 48.0 Å². The first-order chi connectivity index (χ1) is 10.6. The second-order valence-electron chi connectivity index (χ2n) is 4.46. The number of hydrogen-bond acceptors (Lipinski definition) is 7. The molecule has 0 aliphatic rings. The zero-order valence-electron chi connectivity index (χ0n) is 11.5. The Morgan fingerprint density at radius 2 is 2.09 bits per heavy atom. The summed E-state index contributed by atoms with van der Waals surface area (Å²) in [7, 11) is 0. The van der Waals surface area contributed by atoms with Crippen LogP contribution in [0.3, 0.4) is 0 Å². The van der Waals surface area contributed by atoms with Crippen molar-refractivity contribution in [1.82, 2.24) is 15.0 Å². The molecular formula is C14H13N5O2S. The maximum Gasteiger partial charge on any atom is 0.317 e. The van der Waals surface area contributed by atoms with E-state index in [-0.39, 0.29) is 12.3 Å². The molecule has 2 aromatic rings. The topological polar surface area (TPSA) is 126 Å². The van der Waals surface area contributed by atoms with E-state index in [4.69, 9.17) is 11.0 Å². The molecule has 0 radical (unpaired) electrons. The molecule has 8 heteroatoms. The standard InChI is InChI=1S/C14H13N5O2S/c15-5-10-6-18-13(19-7-10)22-9-14(8-16,12(20)21)11-3-1-2-4-17-11/h1-4,6-7H,8-9,16H2,(H,20,21). The first-order valence-corrected chi connectivity index (χ1v) is 7.31. The number of hydrogen-bond donors (Lipinski definition) is 2. The van der Waals surface area contributed by atoms with E-state index in [1.807, 2.05) is 6.07 Å². The Morgan fingerprint density at radius 3 is 2.59 bits per heavy atom. The van der Waals surface area contributed by atoms with Gasteiger partial charge in [-0.3, -0.25) is 9.78 Å². The Kier molecular flexibility index (Phi) is 5.04. The highest BCUT2D eigenvalue weighted by atomic mass is 32.2. The number of nitrogens with zero attached hydrogens (tertiary/aromatic N) is 4. The number of thioether (sulfide) groups is 1. The molecule has 2 aromatic heterocycles. The Hall–Kier alpha value is -2.50. The van der Waals surface area contributed by atoms with Gasteiger partial charge in [0.1, 0.15) is 11.5 Å². The van der Waals surface area contributed by atoms with Crippen LogP contribution < -0.4 is 5.73 Å². The number of pyridine rings is 1. The summed E-state index contributed by atoms with van der Waals surface area (Å²) in [4.78, 5) is 23.9. The number of aliphatic carboxylic acids is 1. The lowest BCUT2D eigenvalue weighted by Crippen LogP contribution is -2.46. The summed E-state index contributed by atoms with van der Waals surface area (Å²) in [6.45, 7) is -0.0946. The van der Waals surface area contributed by atoms with Crippen molar-refractivity contribution < 1.29 is 9.90 Å². The number of aromatic nitrogens is 3. The predicted octanol–water partition coefficient (Wildman–Crippen LogP) is 0.817. The molecule has 1 unspecified atom stereocenters. The zero-order chi connectivity index (χ0) is 16.0. The van der Waals surface area contributed by atoms with Gasteiger partial charge in [0.15, 0.2) is 5.16 Å². The zero-order valence-corrected chi connectivity index (χ0v) is 12.3. The fraction of sp³-hybridized carbons (Fsp3) is 0.214. The molecule has 1 atom stereocenters. The smallest absolute Gasteiger partial charge is 0.317 e. The van der Waals surface area contributed by atoms with Crippen LogP contribution in [0.1, 0.15) is 11.3 Å². The van der Waals surface area contributed by atoms with E-state index in [1.54, 1.807) is 18.2 Å². The summed E-state index contributed by atoms with van der Waals surface area (Å²) >= 11 is 1.16. The Morgan fingerprint density at radius 1 is 1.36 bits per heavy atom. The Bertz CT molecular complexity index is 687. The van der Waals surface area contributed by atoms with Gasteiger partial charge in [0.05, 0.1) is 11.3 Å². The van der Waals surface area contributed by atoms with Crippen LogP contribution in [0, 0.1) is 11.3 Å². The molecule has 22 heavy (non-hydrogen) atoms. The van der Waals surface area contributed by atoms with Crippen LogP contribution in [0.25, 0.3) is 0 Å². The predicted molar refractivity (Wildman–Crippen MR) is 80.1 cm³/mol. The first kappa shape index (κ1) is 15.9. The molecule has 3 N–H and O–H groups in total. The van der Waals surface area contributed by atoms with Crippen molar-refractivity contribution in [2.24, 2.45) is 5.73 Å². The number of nitriles is 1. The minimum Gasteiger partial charge on any atom is -0.480 e. The van der Waals surface area contributed by atoms with Gasteiger partial charge >= 0.3 is 5.97 Å². The SMILES string of the molecule is N#Cc1cnc(SCC(CN)(C(=O)O)c2ccccn2)nc1. The van der Waals surface area contributed by atoms with Gasteiger partial charge in [-0.25, -0.2) is 9.97 Å². The molecule has 0 aliphatic heterocycles. The minimum atomic E-state index is -1.32. The van der Waals surface area contributed by atoms with Gasteiger partial charge in [-0.2, -0.15) is 5.26 Å². The van der Waals surface area contributed by atoms with Gasteiger partial charge in [-0.05, 0) is 12.1 Å².